The number of halogens is 1. The topological polar surface area (TPSA) is 12.0 Å². The molecule has 92 valence electrons. The second kappa shape index (κ2) is 9.68. The van der Waals surface area contributed by atoms with Crippen molar-refractivity contribution in [1.82, 2.24) is 5.32 Å². The van der Waals surface area contributed by atoms with Gasteiger partial charge in [-0.15, -0.1) is 12.4 Å². The Labute approximate surface area is 106 Å². The zero-order valence-electron chi connectivity index (χ0n) is 10.4. The molecule has 0 aromatic heterocycles. The van der Waals surface area contributed by atoms with Gasteiger partial charge in [0.2, 0.25) is 0 Å². The van der Waals surface area contributed by atoms with Crippen molar-refractivity contribution in [3.8, 4) is 0 Å². The average Bonchev–Trinajstić information content (AvgIpc) is 2.28. The van der Waals surface area contributed by atoms with Crippen LogP contribution in [0.5, 0.6) is 0 Å². The van der Waals surface area contributed by atoms with E-state index in [-0.39, 0.29) is 12.4 Å². The Morgan fingerprint density at radius 2 is 1.56 bits per heavy atom. The maximum atomic E-state index is 3.64. The average molecular weight is 242 g/mol. The summed E-state index contributed by atoms with van der Waals surface area (Å²) >= 11 is 0. The van der Waals surface area contributed by atoms with Crippen molar-refractivity contribution in [2.24, 2.45) is 0 Å². The second-order valence-electron chi connectivity index (χ2n) is 4.14. The van der Waals surface area contributed by atoms with Crippen molar-refractivity contribution >= 4 is 12.4 Å². The third-order valence-electron chi connectivity index (χ3n) is 2.71. The lowest BCUT2D eigenvalue weighted by molar-refractivity contribution is 0.443. The summed E-state index contributed by atoms with van der Waals surface area (Å²) in [7, 11) is 0. The van der Waals surface area contributed by atoms with E-state index in [4.69, 9.17) is 0 Å². The van der Waals surface area contributed by atoms with Crippen LogP contribution >= 0.6 is 12.4 Å². The van der Waals surface area contributed by atoms with E-state index in [1.165, 1.54) is 31.2 Å². The first-order valence-electron chi connectivity index (χ1n) is 6.14. The van der Waals surface area contributed by atoms with Gasteiger partial charge in [0.1, 0.15) is 0 Å². The normalized spacial score (nSPS) is 10.2. The summed E-state index contributed by atoms with van der Waals surface area (Å²) < 4.78 is 0. The molecule has 0 fully saturated rings. The fraction of sp³-hybridized carbons (Fsp3) is 0.571. The number of hydrogen-bond donors (Lipinski definition) is 1. The molecule has 0 aliphatic heterocycles. The summed E-state index contributed by atoms with van der Waals surface area (Å²) in [4.78, 5) is 0. The molecule has 16 heavy (non-hydrogen) atoms. The summed E-state index contributed by atoms with van der Waals surface area (Å²) in [5.74, 6) is 0. The SMILES string of the molecule is CCCC(CCC)NCc1ccccc1.Cl. The maximum Gasteiger partial charge on any atom is 0.0208 e. The van der Waals surface area contributed by atoms with Crippen LogP contribution < -0.4 is 5.32 Å². The van der Waals surface area contributed by atoms with Crippen molar-refractivity contribution in [3.63, 3.8) is 0 Å². The number of hydrogen-bond acceptors (Lipinski definition) is 1. The third kappa shape index (κ3) is 6.14. The van der Waals surface area contributed by atoms with Crippen molar-refractivity contribution in [3.05, 3.63) is 35.9 Å². The number of benzene rings is 1. The van der Waals surface area contributed by atoms with E-state index in [1.54, 1.807) is 0 Å². The monoisotopic (exact) mass is 241 g/mol. The van der Waals surface area contributed by atoms with Gasteiger partial charge >= 0.3 is 0 Å². The Kier molecular flexibility index (Phi) is 9.36. The first-order chi connectivity index (χ1) is 7.36. The fourth-order valence-electron chi connectivity index (χ4n) is 1.90. The van der Waals surface area contributed by atoms with Crippen molar-refractivity contribution in [2.75, 3.05) is 0 Å². The predicted molar refractivity (Wildman–Crippen MR) is 74.1 cm³/mol. The number of rotatable bonds is 7. The van der Waals surface area contributed by atoms with Gasteiger partial charge in [-0.25, -0.2) is 0 Å². The van der Waals surface area contributed by atoms with Crippen LogP contribution in [-0.4, -0.2) is 6.04 Å². The Bertz CT molecular complexity index is 242. The molecule has 0 amide bonds. The van der Waals surface area contributed by atoms with Gasteiger partial charge in [0.15, 0.2) is 0 Å². The smallest absolute Gasteiger partial charge is 0.0208 e. The first-order valence-corrected chi connectivity index (χ1v) is 6.14. The van der Waals surface area contributed by atoms with Crippen LogP contribution in [0.2, 0.25) is 0 Å². The Hall–Kier alpha value is -0.530. The molecular weight excluding hydrogens is 218 g/mol. The molecule has 1 rings (SSSR count). The molecule has 0 radical (unpaired) electrons. The van der Waals surface area contributed by atoms with E-state index in [0.29, 0.717) is 6.04 Å². The minimum atomic E-state index is 0. The van der Waals surface area contributed by atoms with Crippen molar-refractivity contribution in [2.45, 2.75) is 52.1 Å². The summed E-state index contributed by atoms with van der Waals surface area (Å²) in [6.07, 6.45) is 5.13. The molecule has 0 aliphatic carbocycles. The van der Waals surface area contributed by atoms with Crippen LogP contribution in [0.25, 0.3) is 0 Å². The van der Waals surface area contributed by atoms with Crippen molar-refractivity contribution < 1.29 is 0 Å². The van der Waals surface area contributed by atoms with Gasteiger partial charge in [0, 0.05) is 12.6 Å². The quantitative estimate of drug-likeness (QED) is 0.756. The molecule has 0 atom stereocenters. The van der Waals surface area contributed by atoms with Crippen molar-refractivity contribution in [1.29, 1.82) is 0 Å². The zero-order valence-corrected chi connectivity index (χ0v) is 11.2. The molecule has 0 aliphatic rings. The van der Waals surface area contributed by atoms with E-state index in [9.17, 15) is 0 Å². The molecule has 0 saturated carbocycles. The first kappa shape index (κ1) is 15.5. The van der Waals surface area contributed by atoms with E-state index >= 15 is 0 Å². The second-order valence-corrected chi connectivity index (χ2v) is 4.14. The van der Waals surface area contributed by atoms with Gasteiger partial charge in [-0.05, 0) is 18.4 Å². The van der Waals surface area contributed by atoms with E-state index < -0.39 is 0 Å². The highest BCUT2D eigenvalue weighted by atomic mass is 35.5. The highest BCUT2D eigenvalue weighted by Gasteiger charge is 2.04. The van der Waals surface area contributed by atoms with Crippen LogP contribution in [0.1, 0.15) is 45.1 Å². The van der Waals surface area contributed by atoms with E-state index in [1.807, 2.05) is 0 Å². The Morgan fingerprint density at radius 3 is 2.06 bits per heavy atom. The molecular formula is C14H24ClN. The van der Waals surface area contributed by atoms with Gasteiger partial charge in [-0.2, -0.15) is 0 Å². The highest BCUT2D eigenvalue weighted by Crippen LogP contribution is 2.06. The van der Waals surface area contributed by atoms with E-state index in [2.05, 4.69) is 49.5 Å². The van der Waals surface area contributed by atoms with Gasteiger partial charge in [0.25, 0.3) is 0 Å². The number of nitrogens with one attached hydrogen (secondary N) is 1. The molecule has 1 aromatic carbocycles. The molecule has 0 heterocycles. The Morgan fingerprint density at radius 1 is 1.00 bits per heavy atom. The molecule has 0 spiro atoms. The molecule has 0 unspecified atom stereocenters. The van der Waals surface area contributed by atoms with Gasteiger partial charge < -0.3 is 5.32 Å². The standard InChI is InChI=1S/C14H23N.ClH/c1-3-8-14(9-4-2)15-12-13-10-6-5-7-11-13;/h5-7,10-11,14-15H,3-4,8-9,12H2,1-2H3;1H. The summed E-state index contributed by atoms with van der Waals surface area (Å²) in [6, 6.07) is 11.3. The van der Waals surface area contributed by atoms with Gasteiger partial charge in [-0.3, -0.25) is 0 Å². The lowest BCUT2D eigenvalue weighted by Crippen LogP contribution is -2.28. The van der Waals surface area contributed by atoms with Crippen LogP contribution in [0, 0.1) is 0 Å². The minimum absolute atomic E-state index is 0. The van der Waals surface area contributed by atoms with Gasteiger partial charge in [0.05, 0.1) is 0 Å². The third-order valence-corrected chi connectivity index (χ3v) is 2.71. The van der Waals surface area contributed by atoms with Gasteiger partial charge in [-0.1, -0.05) is 57.0 Å². The van der Waals surface area contributed by atoms with Crippen LogP contribution in [0.3, 0.4) is 0 Å². The summed E-state index contributed by atoms with van der Waals surface area (Å²) in [5, 5.41) is 3.64. The zero-order chi connectivity index (χ0) is 10.9. The lowest BCUT2D eigenvalue weighted by Gasteiger charge is -2.17. The van der Waals surface area contributed by atoms with E-state index in [0.717, 1.165) is 6.54 Å². The molecule has 1 nitrogen and oxygen atoms in total. The largest absolute Gasteiger partial charge is 0.310 e. The molecule has 0 saturated heterocycles. The predicted octanol–water partition coefficient (Wildman–Crippen LogP) is 4.17. The highest BCUT2D eigenvalue weighted by molar-refractivity contribution is 5.85. The molecule has 1 N–H and O–H groups in total. The van der Waals surface area contributed by atoms with Crippen LogP contribution in [0.4, 0.5) is 0 Å². The molecule has 2 heteroatoms. The minimum Gasteiger partial charge on any atom is -0.310 e. The lowest BCUT2D eigenvalue weighted by atomic mass is 10.1. The summed E-state index contributed by atoms with van der Waals surface area (Å²) in [5.41, 5.74) is 1.38. The Balaban J connectivity index is 0.00000225. The summed E-state index contributed by atoms with van der Waals surface area (Å²) in [6.45, 7) is 5.52. The fourth-order valence-corrected chi connectivity index (χ4v) is 1.90. The molecule has 0 bridgehead atoms. The van der Waals surface area contributed by atoms with Crippen LogP contribution in [-0.2, 0) is 6.54 Å². The maximum absolute atomic E-state index is 3.64. The van der Waals surface area contributed by atoms with Crippen LogP contribution in [0.15, 0.2) is 30.3 Å². The molecule has 1 aromatic rings.